The molecule has 0 aliphatic carbocycles. The van der Waals surface area contributed by atoms with Crippen LogP contribution in [0.1, 0.15) is 25.8 Å². The molecule has 0 aliphatic heterocycles. The molecule has 0 bridgehead atoms. The Kier molecular flexibility index (Phi) is 4.94. The molecule has 4 heteroatoms. The average Bonchev–Trinajstić information content (AvgIpc) is 2.22. The molecule has 1 rings (SSSR count). The Hall–Kier alpha value is -1.58. The molecule has 0 aromatic heterocycles. The van der Waals surface area contributed by atoms with E-state index in [1.807, 2.05) is 20.8 Å². The first-order valence-corrected chi connectivity index (χ1v) is 5.67. The quantitative estimate of drug-likeness (QED) is 0.857. The van der Waals surface area contributed by atoms with Gasteiger partial charge >= 0.3 is 0 Å². The average molecular weight is 239 g/mol. The highest BCUT2D eigenvalue weighted by molar-refractivity contribution is 5.76. The Morgan fingerprint density at radius 3 is 2.82 bits per heavy atom. The van der Waals surface area contributed by atoms with Crippen LogP contribution in [0.2, 0.25) is 0 Å². The van der Waals surface area contributed by atoms with E-state index >= 15 is 0 Å². The SMILES string of the molecule is Cc1ccc(F)cc1OCCC(=O)NC(C)C. The second kappa shape index (κ2) is 6.23. The van der Waals surface area contributed by atoms with Crippen molar-refractivity contribution < 1.29 is 13.9 Å². The first kappa shape index (κ1) is 13.5. The van der Waals surface area contributed by atoms with Crippen molar-refractivity contribution in [3.63, 3.8) is 0 Å². The number of nitrogens with one attached hydrogen (secondary N) is 1. The Bertz CT molecular complexity index is 391. The fourth-order valence-electron chi connectivity index (χ4n) is 1.38. The molecular weight excluding hydrogens is 221 g/mol. The van der Waals surface area contributed by atoms with Gasteiger partial charge in [-0.05, 0) is 32.4 Å². The molecule has 3 nitrogen and oxygen atoms in total. The van der Waals surface area contributed by atoms with Gasteiger partial charge < -0.3 is 10.1 Å². The van der Waals surface area contributed by atoms with Crippen LogP contribution in [-0.4, -0.2) is 18.6 Å². The van der Waals surface area contributed by atoms with Gasteiger partial charge in [-0.1, -0.05) is 6.07 Å². The number of rotatable bonds is 5. The maximum absolute atomic E-state index is 12.9. The van der Waals surface area contributed by atoms with E-state index < -0.39 is 0 Å². The Morgan fingerprint density at radius 2 is 2.18 bits per heavy atom. The van der Waals surface area contributed by atoms with Crippen molar-refractivity contribution in [3.8, 4) is 5.75 Å². The lowest BCUT2D eigenvalue weighted by Crippen LogP contribution is -2.31. The van der Waals surface area contributed by atoms with Crippen LogP contribution in [0.15, 0.2) is 18.2 Å². The molecular formula is C13H18FNO2. The van der Waals surface area contributed by atoms with Crippen LogP contribution < -0.4 is 10.1 Å². The van der Waals surface area contributed by atoms with Crippen molar-refractivity contribution in [2.75, 3.05) is 6.61 Å². The summed E-state index contributed by atoms with van der Waals surface area (Å²) in [6.45, 7) is 5.89. The maximum atomic E-state index is 12.9. The molecule has 0 saturated heterocycles. The van der Waals surface area contributed by atoms with Crippen molar-refractivity contribution in [2.24, 2.45) is 0 Å². The summed E-state index contributed by atoms with van der Waals surface area (Å²) in [5.74, 6) is 0.0913. The fourth-order valence-corrected chi connectivity index (χ4v) is 1.38. The van der Waals surface area contributed by atoms with E-state index in [0.717, 1.165) is 5.56 Å². The summed E-state index contributed by atoms with van der Waals surface area (Å²) in [7, 11) is 0. The highest BCUT2D eigenvalue weighted by atomic mass is 19.1. The lowest BCUT2D eigenvalue weighted by molar-refractivity contribution is -0.122. The zero-order valence-corrected chi connectivity index (χ0v) is 10.4. The third kappa shape index (κ3) is 4.85. The molecule has 1 amide bonds. The topological polar surface area (TPSA) is 38.3 Å². The van der Waals surface area contributed by atoms with Gasteiger partial charge in [0.15, 0.2) is 0 Å². The van der Waals surface area contributed by atoms with Gasteiger partial charge in [0, 0.05) is 12.1 Å². The highest BCUT2D eigenvalue weighted by Crippen LogP contribution is 2.18. The van der Waals surface area contributed by atoms with Gasteiger partial charge in [0.2, 0.25) is 5.91 Å². The molecule has 1 aromatic rings. The molecule has 0 radical (unpaired) electrons. The molecule has 0 unspecified atom stereocenters. The number of ether oxygens (including phenoxy) is 1. The molecule has 0 heterocycles. The smallest absolute Gasteiger partial charge is 0.223 e. The van der Waals surface area contributed by atoms with E-state index in [0.29, 0.717) is 5.75 Å². The van der Waals surface area contributed by atoms with E-state index in [2.05, 4.69) is 5.32 Å². The summed E-state index contributed by atoms with van der Waals surface area (Å²) in [5.41, 5.74) is 0.857. The Labute approximate surface area is 101 Å². The monoisotopic (exact) mass is 239 g/mol. The summed E-state index contributed by atoms with van der Waals surface area (Å²) >= 11 is 0. The predicted molar refractivity (Wildman–Crippen MR) is 64.5 cm³/mol. The number of benzene rings is 1. The van der Waals surface area contributed by atoms with Crippen LogP contribution >= 0.6 is 0 Å². The summed E-state index contributed by atoms with van der Waals surface area (Å²) in [6.07, 6.45) is 0.272. The van der Waals surface area contributed by atoms with Gasteiger partial charge in [-0.3, -0.25) is 4.79 Å². The highest BCUT2D eigenvalue weighted by Gasteiger charge is 2.05. The summed E-state index contributed by atoms with van der Waals surface area (Å²) in [5, 5.41) is 2.76. The van der Waals surface area contributed by atoms with Gasteiger partial charge in [0.05, 0.1) is 13.0 Å². The molecule has 0 saturated carbocycles. The first-order valence-electron chi connectivity index (χ1n) is 5.67. The summed E-state index contributed by atoms with van der Waals surface area (Å²) < 4.78 is 18.3. The first-order chi connectivity index (χ1) is 7.99. The van der Waals surface area contributed by atoms with Crippen LogP contribution in [0.3, 0.4) is 0 Å². The lowest BCUT2D eigenvalue weighted by Gasteiger charge is -2.10. The number of amides is 1. The third-order valence-corrected chi connectivity index (χ3v) is 2.19. The van der Waals surface area contributed by atoms with E-state index in [4.69, 9.17) is 4.74 Å². The standard InChI is InChI=1S/C13H18FNO2/c1-9(2)15-13(16)6-7-17-12-8-11(14)5-4-10(12)3/h4-5,8-9H,6-7H2,1-3H3,(H,15,16). The summed E-state index contributed by atoms with van der Waals surface area (Å²) in [6, 6.07) is 4.49. The number of carbonyl (C=O) groups excluding carboxylic acids is 1. The van der Waals surface area contributed by atoms with E-state index in [9.17, 15) is 9.18 Å². The molecule has 1 N–H and O–H groups in total. The largest absolute Gasteiger partial charge is 0.493 e. The van der Waals surface area contributed by atoms with Crippen LogP contribution in [0.5, 0.6) is 5.75 Å². The van der Waals surface area contributed by atoms with Crippen molar-refractivity contribution in [3.05, 3.63) is 29.6 Å². The number of carbonyl (C=O) groups is 1. The molecule has 0 aliphatic rings. The number of aryl methyl sites for hydroxylation is 1. The minimum atomic E-state index is -0.336. The fraction of sp³-hybridized carbons (Fsp3) is 0.462. The molecule has 0 fully saturated rings. The summed E-state index contributed by atoms with van der Waals surface area (Å²) in [4.78, 5) is 11.3. The minimum absolute atomic E-state index is 0.0611. The van der Waals surface area contributed by atoms with Gasteiger partial charge in [-0.2, -0.15) is 0 Å². The van der Waals surface area contributed by atoms with Crippen molar-refractivity contribution in [2.45, 2.75) is 33.2 Å². The number of halogens is 1. The lowest BCUT2D eigenvalue weighted by atomic mass is 10.2. The second-order valence-electron chi connectivity index (χ2n) is 4.23. The second-order valence-corrected chi connectivity index (χ2v) is 4.23. The normalized spacial score (nSPS) is 10.4. The van der Waals surface area contributed by atoms with Gasteiger partial charge in [-0.25, -0.2) is 4.39 Å². The van der Waals surface area contributed by atoms with E-state index in [1.165, 1.54) is 12.1 Å². The molecule has 17 heavy (non-hydrogen) atoms. The van der Waals surface area contributed by atoms with Crippen LogP contribution in [-0.2, 0) is 4.79 Å². The zero-order chi connectivity index (χ0) is 12.8. The molecule has 94 valence electrons. The van der Waals surface area contributed by atoms with Crippen LogP contribution in [0, 0.1) is 12.7 Å². The van der Waals surface area contributed by atoms with Gasteiger partial charge in [0.25, 0.3) is 0 Å². The van der Waals surface area contributed by atoms with Gasteiger partial charge in [0.1, 0.15) is 11.6 Å². The van der Waals surface area contributed by atoms with Crippen LogP contribution in [0.25, 0.3) is 0 Å². The number of hydrogen-bond donors (Lipinski definition) is 1. The molecule has 0 spiro atoms. The third-order valence-electron chi connectivity index (χ3n) is 2.19. The Balaban J connectivity index is 2.40. The molecule has 0 atom stereocenters. The van der Waals surface area contributed by atoms with Crippen LogP contribution in [0.4, 0.5) is 4.39 Å². The Morgan fingerprint density at radius 1 is 1.47 bits per heavy atom. The maximum Gasteiger partial charge on any atom is 0.223 e. The van der Waals surface area contributed by atoms with Gasteiger partial charge in [-0.15, -0.1) is 0 Å². The van der Waals surface area contributed by atoms with E-state index in [-0.39, 0.29) is 30.8 Å². The number of hydrogen-bond acceptors (Lipinski definition) is 2. The minimum Gasteiger partial charge on any atom is -0.493 e. The van der Waals surface area contributed by atoms with Crippen molar-refractivity contribution >= 4 is 5.91 Å². The zero-order valence-electron chi connectivity index (χ0n) is 10.4. The predicted octanol–water partition coefficient (Wildman–Crippen LogP) is 2.43. The van der Waals surface area contributed by atoms with Crippen molar-refractivity contribution in [1.29, 1.82) is 0 Å². The van der Waals surface area contributed by atoms with Crippen molar-refractivity contribution in [1.82, 2.24) is 5.32 Å². The molecule has 1 aromatic carbocycles. The van der Waals surface area contributed by atoms with E-state index in [1.54, 1.807) is 6.07 Å².